The molecule has 1 aromatic heterocycles. The minimum atomic E-state index is -1.11. The largest absolute Gasteiger partial charge is 0.487 e. The topological polar surface area (TPSA) is 59.4 Å². The van der Waals surface area contributed by atoms with E-state index < -0.39 is 11.8 Å². The molecule has 0 atom stereocenters. The lowest BCUT2D eigenvalue weighted by Crippen LogP contribution is -2.01. The van der Waals surface area contributed by atoms with E-state index in [-0.39, 0.29) is 6.61 Å². The Kier molecular flexibility index (Phi) is 4.66. The summed E-state index contributed by atoms with van der Waals surface area (Å²) in [7, 11) is 0. The normalized spacial score (nSPS) is 10.8. The minimum Gasteiger partial charge on any atom is -0.487 e. The van der Waals surface area contributed by atoms with Crippen LogP contribution in [-0.4, -0.2) is 16.1 Å². The second kappa shape index (κ2) is 6.65. The number of halogens is 1. The zero-order valence-corrected chi connectivity index (χ0v) is 11.4. The van der Waals surface area contributed by atoms with E-state index >= 15 is 0 Å². The van der Waals surface area contributed by atoms with Crippen molar-refractivity contribution in [2.24, 2.45) is 0 Å². The highest BCUT2D eigenvalue weighted by atomic mass is 19.1. The number of rotatable bonds is 5. The van der Waals surface area contributed by atoms with E-state index in [1.165, 1.54) is 24.3 Å². The second-order valence-corrected chi connectivity index (χ2v) is 4.41. The summed E-state index contributed by atoms with van der Waals surface area (Å²) < 4.78 is 18.9. The van der Waals surface area contributed by atoms with Crippen molar-refractivity contribution in [3.05, 3.63) is 65.2 Å². The Morgan fingerprint density at radius 3 is 2.95 bits per heavy atom. The van der Waals surface area contributed by atoms with Crippen LogP contribution in [0, 0.1) is 12.7 Å². The van der Waals surface area contributed by atoms with Gasteiger partial charge >= 0.3 is 5.97 Å². The van der Waals surface area contributed by atoms with Crippen LogP contribution in [0.5, 0.6) is 5.75 Å². The van der Waals surface area contributed by atoms with Gasteiger partial charge < -0.3 is 9.84 Å². The molecule has 2 rings (SSSR count). The first-order chi connectivity index (χ1) is 10.1. The molecule has 0 fully saturated rings. The van der Waals surface area contributed by atoms with Gasteiger partial charge in [0.15, 0.2) is 0 Å². The highest BCUT2D eigenvalue weighted by molar-refractivity contribution is 5.85. The number of benzene rings is 1. The van der Waals surface area contributed by atoms with Gasteiger partial charge in [-0.15, -0.1) is 0 Å². The van der Waals surface area contributed by atoms with Crippen LogP contribution in [0.15, 0.2) is 42.6 Å². The summed E-state index contributed by atoms with van der Waals surface area (Å²) >= 11 is 0. The molecule has 0 aliphatic carbocycles. The van der Waals surface area contributed by atoms with E-state index in [0.717, 1.165) is 17.3 Å². The molecule has 4 nitrogen and oxygen atoms in total. The van der Waals surface area contributed by atoms with Crippen LogP contribution < -0.4 is 4.74 Å². The number of carboxylic acid groups (broad SMARTS) is 1. The SMILES string of the molecule is Cc1cccnc1COc1ccc(F)cc1/C=C/C(=O)O. The van der Waals surface area contributed by atoms with Crippen molar-refractivity contribution in [3.63, 3.8) is 0 Å². The maximum Gasteiger partial charge on any atom is 0.328 e. The molecule has 21 heavy (non-hydrogen) atoms. The molecule has 2 aromatic rings. The van der Waals surface area contributed by atoms with Crippen molar-refractivity contribution < 1.29 is 19.0 Å². The molecule has 1 N–H and O–H groups in total. The molecule has 1 aromatic carbocycles. The number of carboxylic acids is 1. The standard InChI is InChI=1S/C16H14FNO3/c1-11-3-2-8-18-14(11)10-21-15-6-5-13(17)9-12(15)4-7-16(19)20/h2-9H,10H2,1H3,(H,19,20)/b7-4+. The van der Waals surface area contributed by atoms with E-state index in [1.54, 1.807) is 6.20 Å². The maximum atomic E-state index is 13.2. The summed E-state index contributed by atoms with van der Waals surface area (Å²) in [5, 5.41) is 8.65. The third-order valence-corrected chi connectivity index (χ3v) is 2.86. The van der Waals surface area contributed by atoms with Crippen LogP contribution in [0.3, 0.4) is 0 Å². The van der Waals surface area contributed by atoms with Gasteiger partial charge in [0, 0.05) is 17.8 Å². The predicted octanol–water partition coefficient (Wildman–Crippen LogP) is 3.21. The molecule has 0 aliphatic heterocycles. The molecule has 0 unspecified atom stereocenters. The van der Waals surface area contributed by atoms with Gasteiger partial charge in [0.2, 0.25) is 0 Å². The van der Waals surface area contributed by atoms with E-state index in [0.29, 0.717) is 11.3 Å². The van der Waals surface area contributed by atoms with Crippen LogP contribution in [0.4, 0.5) is 4.39 Å². The first-order valence-corrected chi connectivity index (χ1v) is 6.30. The number of aromatic nitrogens is 1. The fraction of sp³-hybridized carbons (Fsp3) is 0.125. The Hall–Kier alpha value is -2.69. The third-order valence-electron chi connectivity index (χ3n) is 2.86. The highest BCUT2D eigenvalue weighted by Crippen LogP contribution is 2.22. The van der Waals surface area contributed by atoms with Crippen LogP contribution in [0.25, 0.3) is 6.08 Å². The van der Waals surface area contributed by atoms with Gasteiger partial charge in [-0.3, -0.25) is 4.98 Å². The van der Waals surface area contributed by atoms with E-state index in [1.807, 2.05) is 19.1 Å². The zero-order chi connectivity index (χ0) is 15.2. The fourth-order valence-electron chi connectivity index (χ4n) is 1.76. The van der Waals surface area contributed by atoms with E-state index in [4.69, 9.17) is 9.84 Å². The average Bonchev–Trinajstić information content (AvgIpc) is 2.45. The van der Waals surface area contributed by atoms with E-state index in [9.17, 15) is 9.18 Å². The van der Waals surface area contributed by atoms with Crippen molar-refractivity contribution in [2.45, 2.75) is 13.5 Å². The second-order valence-electron chi connectivity index (χ2n) is 4.41. The first kappa shape index (κ1) is 14.7. The number of carbonyl (C=O) groups is 1. The molecule has 0 saturated carbocycles. The number of aryl methyl sites for hydroxylation is 1. The summed E-state index contributed by atoms with van der Waals surface area (Å²) in [6.45, 7) is 2.15. The number of aliphatic carboxylic acids is 1. The molecule has 108 valence electrons. The number of pyridine rings is 1. The quantitative estimate of drug-likeness (QED) is 0.858. The Morgan fingerprint density at radius 2 is 2.24 bits per heavy atom. The summed E-state index contributed by atoms with van der Waals surface area (Å²) in [6, 6.07) is 7.70. The molecule has 1 heterocycles. The Labute approximate surface area is 121 Å². The summed E-state index contributed by atoms with van der Waals surface area (Å²) in [5.74, 6) is -1.16. The van der Waals surface area contributed by atoms with Crippen molar-refractivity contribution in [3.8, 4) is 5.75 Å². The minimum absolute atomic E-state index is 0.228. The monoisotopic (exact) mass is 287 g/mol. The zero-order valence-electron chi connectivity index (χ0n) is 11.4. The van der Waals surface area contributed by atoms with Gasteiger partial charge in [0.05, 0.1) is 5.69 Å². The molecule has 0 saturated heterocycles. The smallest absolute Gasteiger partial charge is 0.328 e. The van der Waals surface area contributed by atoms with Crippen molar-refractivity contribution in [1.29, 1.82) is 0 Å². The first-order valence-electron chi connectivity index (χ1n) is 6.30. The molecule has 5 heteroatoms. The Balaban J connectivity index is 2.20. The molecule has 0 amide bonds. The number of hydrogen-bond acceptors (Lipinski definition) is 3. The lowest BCUT2D eigenvalue weighted by atomic mass is 10.1. The van der Waals surface area contributed by atoms with Gasteiger partial charge in [0.1, 0.15) is 18.2 Å². The molecule has 0 bridgehead atoms. The van der Waals surface area contributed by atoms with Crippen LogP contribution in [-0.2, 0) is 11.4 Å². The van der Waals surface area contributed by atoms with Gasteiger partial charge in [-0.1, -0.05) is 6.07 Å². The van der Waals surface area contributed by atoms with Crippen LogP contribution in [0.2, 0.25) is 0 Å². The lowest BCUT2D eigenvalue weighted by molar-refractivity contribution is -0.131. The van der Waals surface area contributed by atoms with Gasteiger partial charge in [-0.05, 0) is 42.8 Å². The van der Waals surface area contributed by atoms with Crippen LogP contribution >= 0.6 is 0 Å². The Bertz CT molecular complexity index is 683. The van der Waals surface area contributed by atoms with Crippen LogP contribution in [0.1, 0.15) is 16.8 Å². The molecular weight excluding hydrogens is 273 g/mol. The highest BCUT2D eigenvalue weighted by Gasteiger charge is 2.06. The summed E-state index contributed by atoms with van der Waals surface area (Å²) in [5.41, 5.74) is 2.13. The number of ether oxygens (including phenoxy) is 1. The third kappa shape index (κ3) is 4.14. The Morgan fingerprint density at radius 1 is 1.43 bits per heavy atom. The van der Waals surface area contributed by atoms with Gasteiger partial charge in [-0.25, -0.2) is 9.18 Å². The molecule has 0 aliphatic rings. The molecular formula is C16H14FNO3. The number of hydrogen-bond donors (Lipinski definition) is 1. The van der Waals surface area contributed by atoms with Gasteiger partial charge in [-0.2, -0.15) is 0 Å². The number of nitrogens with zero attached hydrogens (tertiary/aromatic N) is 1. The summed E-state index contributed by atoms with van der Waals surface area (Å²) in [6.07, 6.45) is 3.90. The van der Waals surface area contributed by atoms with Crippen molar-refractivity contribution in [2.75, 3.05) is 0 Å². The maximum absolute atomic E-state index is 13.2. The van der Waals surface area contributed by atoms with Gasteiger partial charge in [0.25, 0.3) is 0 Å². The van der Waals surface area contributed by atoms with E-state index in [2.05, 4.69) is 4.98 Å². The summed E-state index contributed by atoms with van der Waals surface area (Å²) in [4.78, 5) is 14.8. The predicted molar refractivity (Wildman–Crippen MR) is 76.4 cm³/mol. The van der Waals surface area contributed by atoms with Crippen molar-refractivity contribution >= 4 is 12.0 Å². The average molecular weight is 287 g/mol. The molecule has 0 spiro atoms. The lowest BCUT2D eigenvalue weighted by Gasteiger charge is -2.10. The fourth-order valence-corrected chi connectivity index (χ4v) is 1.76. The molecule has 0 radical (unpaired) electrons. The van der Waals surface area contributed by atoms with Crippen molar-refractivity contribution in [1.82, 2.24) is 4.98 Å².